The molecule has 3 aromatic carbocycles. The molecule has 1 saturated carbocycles. The van der Waals surface area contributed by atoms with E-state index in [2.05, 4.69) is 39.0 Å². The molecule has 0 bridgehead atoms. The predicted octanol–water partition coefficient (Wildman–Crippen LogP) is 9.25. The lowest BCUT2D eigenvalue weighted by Gasteiger charge is -2.32. The molecule has 0 aliphatic heterocycles. The first-order chi connectivity index (χ1) is 19.5. The van der Waals surface area contributed by atoms with Crippen LogP contribution in [0.4, 0.5) is 4.39 Å². The first kappa shape index (κ1) is 31.3. The quantitative estimate of drug-likeness (QED) is 0.188. The standard InChI is InChI=1S/C34H44FO5P/c1-8-40-41(7,36)22-31(24-13-14-24)25-10-9-11-27(19-25)39-21-23-12-16-28(29-20-26(37-5)15-17-32(29)35)30(18-23)33(38-6)34(2,3)4/h9-12,15-20,24,31,33H,8,13-14,21-22H2,1-7H3/t31-,33+,41?/m0/s1. The van der Waals surface area contributed by atoms with Gasteiger partial charge in [0, 0.05) is 25.5 Å². The summed E-state index contributed by atoms with van der Waals surface area (Å²) in [5.74, 6) is 1.77. The summed E-state index contributed by atoms with van der Waals surface area (Å²) in [5.41, 5.74) is 3.99. The maximum atomic E-state index is 15.1. The van der Waals surface area contributed by atoms with Gasteiger partial charge in [0.15, 0.2) is 0 Å². The number of benzene rings is 3. The third kappa shape index (κ3) is 8.00. The van der Waals surface area contributed by atoms with Gasteiger partial charge in [0.05, 0.1) is 19.8 Å². The molecule has 7 heteroatoms. The van der Waals surface area contributed by atoms with Crippen LogP contribution in [0.5, 0.6) is 11.5 Å². The molecule has 41 heavy (non-hydrogen) atoms. The van der Waals surface area contributed by atoms with Crippen molar-refractivity contribution < 1.29 is 27.7 Å². The van der Waals surface area contributed by atoms with Crippen LogP contribution in [0, 0.1) is 17.2 Å². The molecule has 1 aliphatic carbocycles. The zero-order valence-electron chi connectivity index (χ0n) is 25.4. The molecule has 0 N–H and O–H groups in total. The highest BCUT2D eigenvalue weighted by molar-refractivity contribution is 7.58. The summed E-state index contributed by atoms with van der Waals surface area (Å²) < 4.78 is 51.3. The highest BCUT2D eigenvalue weighted by Gasteiger charge is 2.36. The summed E-state index contributed by atoms with van der Waals surface area (Å²) in [6.07, 6.45) is 2.57. The number of hydrogen-bond donors (Lipinski definition) is 0. The molecular weight excluding hydrogens is 538 g/mol. The zero-order valence-corrected chi connectivity index (χ0v) is 26.3. The summed E-state index contributed by atoms with van der Waals surface area (Å²) >= 11 is 0. The van der Waals surface area contributed by atoms with E-state index in [1.54, 1.807) is 33.0 Å². The molecule has 3 aromatic rings. The monoisotopic (exact) mass is 582 g/mol. The third-order valence-corrected chi connectivity index (χ3v) is 9.56. The van der Waals surface area contributed by atoms with Crippen LogP contribution in [0.15, 0.2) is 60.7 Å². The smallest absolute Gasteiger partial charge is 0.200 e. The minimum absolute atomic E-state index is 0.193. The zero-order chi connectivity index (χ0) is 29.8. The largest absolute Gasteiger partial charge is 0.497 e. The fraction of sp³-hybridized carbons (Fsp3) is 0.471. The van der Waals surface area contributed by atoms with Crippen molar-refractivity contribution in [1.29, 1.82) is 0 Å². The Kier molecular flexibility index (Phi) is 10.00. The normalized spacial score (nSPS) is 16.6. The van der Waals surface area contributed by atoms with Crippen molar-refractivity contribution in [2.75, 3.05) is 33.7 Å². The molecule has 3 atom stereocenters. The number of methoxy groups -OCH3 is 2. The lowest BCUT2D eigenvalue weighted by Crippen LogP contribution is -2.21. The van der Waals surface area contributed by atoms with E-state index >= 15 is 4.39 Å². The van der Waals surface area contributed by atoms with Crippen molar-refractivity contribution in [3.8, 4) is 22.6 Å². The highest BCUT2D eigenvalue weighted by Crippen LogP contribution is 2.53. The molecule has 1 unspecified atom stereocenters. The van der Waals surface area contributed by atoms with E-state index in [0.29, 0.717) is 36.6 Å². The van der Waals surface area contributed by atoms with Gasteiger partial charge < -0.3 is 18.7 Å². The number of ether oxygens (including phenoxy) is 3. The van der Waals surface area contributed by atoms with Gasteiger partial charge in [0.2, 0.25) is 7.37 Å². The second-order valence-corrected chi connectivity index (χ2v) is 14.8. The van der Waals surface area contributed by atoms with E-state index in [-0.39, 0.29) is 23.3 Å². The Labute approximate surface area is 244 Å². The maximum Gasteiger partial charge on any atom is 0.200 e. The predicted molar refractivity (Wildman–Crippen MR) is 164 cm³/mol. The van der Waals surface area contributed by atoms with Gasteiger partial charge in [-0.2, -0.15) is 0 Å². The fourth-order valence-corrected chi connectivity index (χ4v) is 7.53. The maximum absolute atomic E-state index is 15.1. The lowest BCUT2D eigenvalue weighted by atomic mass is 9.81. The molecule has 0 spiro atoms. The molecule has 1 aliphatic rings. The van der Waals surface area contributed by atoms with Crippen LogP contribution in [0.1, 0.15) is 69.2 Å². The molecule has 222 valence electrons. The van der Waals surface area contributed by atoms with E-state index in [9.17, 15) is 4.57 Å². The minimum Gasteiger partial charge on any atom is -0.497 e. The van der Waals surface area contributed by atoms with Crippen LogP contribution in [0.3, 0.4) is 0 Å². The molecular formula is C34H44FO5P. The van der Waals surface area contributed by atoms with Crippen molar-refractivity contribution in [1.82, 2.24) is 0 Å². The Balaban J connectivity index is 1.62. The van der Waals surface area contributed by atoms with E-state index in [4.69, 9.17) is 18.7 Å². The van der Waals surface area contributed by atoms with Gasteiger partial charge in [-0.3, -0.25) is 4.57 Å². The molecule has 4 rings (SSSR count). The van der Waals surface area contributed by atoms with Gasteiger partial charge in [0.25, 0.3) is 0 Å². The second-order valence-electron chi connectivity index (χ2n) is 12.2. The average Bonchev–Trinajstić information content (AvgIpc) is 3.76. The fourth-order valence-electron chi connectivity index (χ4n) is 5.66. The lowest BCUT2D eigenvalue weighted by molar-refractivity contribution is 0.0155. The van der Waals surface area contributed by atoms with Crippen molar-refractivity contribution in [3.63, 3.8) is 0 Å². The van der Waals surface area contributed by atoms with Gasteiger partial charge in [-0.1, -0.05) is 45.0 Å². The minimum atomic E-state index is -2.66. The first-order valence-electron chi connectivity index (χ1n) is 14.4. The van der Waals surface area contributed by atoms with Crippen LogP contribution in [0.2, 0.25) is 0 Å². The summed E-state index contributed by atoms with van der Waals surface area (Å²) in [7, 11) is 0.600. The van der Waals surface area contributed by atoms with Crippen LogP contribution < -0.4 is 9.47 Å². The van der Waals surface area contributed by atoms with Crippen LogP contribution >= 0.6 is 7.37 Å². The molecule has 1 fully saturated rings. The number of halogens is 1. The summed E-state index contributed by atoms with van der Waals surface area (Å²) in [4.78, 5) is 0. The van der Waals surface area contributed by atoms with Crippen LogP contribution in [0.25, 0.3) is 11.1 Å². The number of hydrogen-bond acceptors (Lipinski definition) is 5. The molecule has 5 nitrogen and oxygen atoms in total. The first-order valence-corrected chi connectivity index (χ1v) is 16.6. The Morgan fingerprint density at radius 3 is 2.37 bits per heavy atom. The van der Waals surface area contributed by atoms with Crippen molar-refractivity contribution >= 4 is 7.37 Å². The summed E-state index contributed by atoms with van der Waals surface area (Å²) in [6, 6.07) is 18.9. The van der Waals surface area contributed by atoms with Gasteiger partial charge in [-0.25, -0.2) is 4.39 Å². The molecule has 0 amide bonds. The van der Waals surface area contributed by atoms with Gasteiger partial charge in [-0.05, 0) is 95.7 Å². The van der Waals surface area contributed by atoms with Crippen molar-refractivity contribution in [2.24, 2.45) is 11.3 Å². The molecule has 0 saturated heterocycles. The molecule has 0 radical (unpaired) electrons. The van der Waals surface area contributed by atoms with Gasteiger partial charge in [-0.15, -0.1) is 0 Å². The van der Waals surface area contributed by atoms with E-state index in [1.165, 1.54) is 6.07 Å². The topological polar surface area (TPSA) is 54.0 Å². The van der Waals surface area contributed by atoms with E-state index < -0.39 is 7.37 Å². The van der Waals surface area contributed by atoms with Crippen LogP contribution in [-0.4, -0.2) is 33.7 Å². The molecule has 0 heterocycles. The summed E-state index contributed by atoms with van der Waals surface area (Å²) in [6.45, 7) is 10.8. The molecule has 0 aromatic heterocycles. The van der Waals surface area contributed by atoms with Crippen molar-refractivity contribution in [2.45, 2.75) is 59.2 Å². The number of rotatable bonds is 13. The average molecular weight is 583 g/mol. The third-order valence-electron chi connectivity index (χ3n) is 7.70. The summed E-state index contributed by atoms with van der Waals surface area (Å²) in [5, 5.41) is 0. The Morgan fingerprint density at radius 1 is 0.976 bits per heavy atom. The Morgan fingerprint density at radius 2 is 1.73 bits per heavy atom. The van der Waals surface area contributed by atoms with Gasteiger partial charge in [0.1, 0.15) is 23.9 Å². The van der Waals surface area contributed by atoms with Gasteiger partial charge >= 0.3 is 0 Å². The Hall–Kier alpha value is -2.66. The second kappa shape index (κ2) is 13.1. The SMILES string of the molecule is CCOP(C)(=O)C[C@H](c1cccc(OCc2ccc(-c3cc(OC)ccc3F)c([C@@H](OC)C(C)(C)C)c2)c1)C1CC1. The highest BCUT2D eigenvalue weighted by atomic mass is 31.2. The van der Waals surface area contributed by atoms with E-state index in [0.717, 1.165) is 40.8 Å². The van der Waals surface area contributed by atoms with Crippen LogP contribution in [-0.2, 0) is 20.4 Å². The Bertz CT molecular complexity index is 1380. The van der Waals surface area contributed by atoms with Crippen molar-refractivity contribution in [3.05, 3.63) is 83.2 Å². The van der Waals surface area contributed by atoms with E-state index in [1.807, 2.05) is 31.2 Å².